The van der Waals surface area contributed by atoms with Gasteiger partial charge in [0.05, 0.1) is 5.92 Å². The molecule has 1 aliphatic heterocycles. The van der Waals surface area contributed by atoms with Crippen molar-refractivity contribution in [2.24, 2.45) is 5.92 Å². The van der Waals surface area contributed by atoms with Gasteiger partial charge in [-0.3, -0.25) is 9.59 Å². The van der Waals surface area contributed by atoms with E-state index in [4.69, 9.17) is 5.11 Å². The Morgan fingerprint density at radius 1 is 1.77 bits per heavy atom. The zero-order chi connectivity index (χ0) is 9.84. The Bertz CT molecular complexity index is 237. The average Bonchev–Trinajstić information content (AvgIpc) is 2.08. The molecule has 72 valence electrons. The van der Waals surface area contributed by atoms with Crippen molar-refractivity contribution >= 4 is 11.9 Å². The van der Waals surface area contributed by atoms with Gasteiger partial charge >= 0.3 is 5.97 Å². The molecule has 0 aromatic rings. The highest BCUT2D eigenvalue weighted by atomic mass is 16.4. The third-order valence-corrected chi connectivity index (χ3v) is 2.20. The maximum atomic E-state index is 11.2. The summed E-state index contributed by atoms with van der Waals surface area (Å²) in [6.45, 7) is 4.28. The van der Waals surface area contributed by atoms with Gasteiger partial charge in [-0.2, -0.15) is 0 Å². The Morgan fingerprint density at radius 3 is 3.00 bits per heavy atom. The fourth-order valence-electron chi connectivity index (χ4n) is 1.45. The predicted molar refractivity (Wildman–Crippen MR) is 47.1 cm³/mol. The second kappa shape index (κ2) is 4.07. The van der Waals surface area contributed by atoms with Gasteiger partial charge in [0.2, 0.25) is 5.91 Å². The van der Waals surface area contributed by atoms with E-state index in [9.17, 15) is 9.59 Å². The Morgan fingerprint density at radius 2 is 2.46 bits per heavy atom. The number of piperidine rings is 1. The molecule has 0 unspecified atom stereocenters. The van der Waals surface area contributed by atoms with E-state index in [1.165, 1.54) is 4.90 Å². The summed E-state index contributed by atoms with van der Waals surface area (Å²) in [5.74, 6) is -1.20. The first kappa shape index (κ1) is 9.77. The van der Waals surface area contributed by atoms with Crippen LogP contribution < -0.4 is 0 Å². The maximum absolute atomic E-state index is 11.2. The number of nitrogens with zero attached hydrogens (tertiary/aromatic N) is 1. The summed E-state index contributed by atoms with van der Waals surface area (Å²) in [4.78, 5) is 23.4. The SMILES string of the molecule is C=CCN1C[C@@H](C(=O)O)CCC1=O. The molecular weight excluding hydrogens is 170 g/mol. The monoisotopic (exact) mass is 183 g/mol. The Labute approximate surface area is 76.8 Å². The predicted octanol–water partition coefficient (Wildman–Crippen LogP) is 0.496. The van der Waals surface area contributed by atoms with E-state index >= 15 is 0 Å². The summed E-state index contributed by atoms with van der Waals surface area (Å²) in [6, 6.07) is 0. The molecule has 1 heterocycles. The number of rotatable bonds is 3. The molecule has 1 amide bonds. The summed E-state index contributed by atoms with van der Waals surface area (Å²) < 4.78 is 0. The summed E-state index contributed by atoms with van der Waals surface area (Å²) in [6.07, 6.45) is 2.41. The van der Waals surface area contributed by atoms with Crippen molar-refractivity contribution in [2.45, 2.75) is 12.8 Å². The lowest BCUT2D eigenvalue weighted by Gasteiger charge is -2.29. The molecule has 1 fully saturated rings. The highest BCUT2D eigenvalue weighted by Crippen LogP contribution is 2.17. The maximum Gasteiger partial charge on any atom is 0.308 e. The number of hydrogen-bond donors (Lipinski definition) is 1. The van der Waals surface area contributed by atoms with Crippen LogP contribution in [0.2, 0.25) is 0 Å². The van der Waals surface area contributed by atoms with E-state index in [-0.39, 0.29) is 5.91 Å². The van der Waals surface area contributed by atoms with Crippen molar-refractivity contribution < 1.29 is 14.7 Å². The molecule has 0 aromatic heterocycles. The molecule has 4 heteroatoms. The van der Waals surface area contributed by atoms with Gasteiger partial charge in [0.1, 0.15) is 0 Å². The van der Waals surface area contributed by atoms with Crippen LogP contribution in [0.25, 0.3) is 0 Å². The molecule has 0 spiro atoms. The lowest BCUT2D eigenvalue weighted by atomic mass is 9.98. The number of hydrogen-bond acceptors (Lipinski definition) is 2. The molecule has 1 saturated heterocycles. The fourth-order valence-corrected chi connectivity index (χ4v) is 1.45. The Balaban J connectivity index is 2.57. The minimum Gasteiger partial charge on any atom is -0.481 e. The molecule has 4 nitrogen and oxygen atoms in total. The molecule has 0 bridgehead atoms. The third-order valence-electron chi connectivity index (χ3n) is 2.20. The van der Waals surface area contributed by atoms with Crippen molar-refractivity contribution in [1.29, 1.82) is 0 Å². The van der Waals surface area contributed by atoms with E-state index < -0.39 is 11.9 Å². The molecule has 0 radical (unpaired) electrons. The molecule has 0 saturated carbocycles. The van der Waals surface area contributed by atoms with Gasteiger partial charge < -0.3 is 10.0 Å². The first-order valence-electron chi connectivity index (χ1n) is 4.26. The number of carbonyl (C=O) groups is 2. The van der Waals surface area contributed by atoms with Crippen molar-refractivity contribution in [2.75, 3.05) is 13.1 Å². The van der Waals surface area contributed by atoms with Crippen LogP contribution in [0.3, 0.4) is 0 Å². The molecule has 1 N–H and O–H groups in total. The van der Waals surface area contributed by atoms with Gasteiger partial charge in [-0.15, -0.1) is 6.58 Å². The van der Waals surface area contributed by atoms with Gasteiger partial charge in [0.25, 0.3) is 0 Å². The lowest BCUT2D eigenvalue weighted by Crippen LogP contribution is -2.42. The van der Waals surface area contributed by atoms with Gasteiger partial charge in [-0.05, 0) is 6.42 Å². The van der Waals surface area contributed by atoms with E-state index in [1.807, 2.05) is 0 Å². The molecule has 1 atom stereocenters. The van der Waals surface area contributed by atoms with Crippen molar-refractivity contribution in [1.82, 2.24) is 4.90 Å². The summed E-state index contributed by atoms with van der Waals surface area (Å²) in [5.41, 5.74) is 0. The van der Waals surface area contributed by atoms with Crippen molar-refractivity contribution in [3.05, 3.63) is 12.7 Å². The standard InChI is InChI=1S/C9H13NO3/c1-2-5-10-6-7(9(12)13)3-4-8(10)11/h2,7H,1,3-6H2,(H,12,13)/t7-/m0/s1. The number of likely N-dealkylation sites (tertiary alicyclic amines) is 1. The van der Waals surface area contributed by atoms with E-state index in [0.29, 0.717) is 25.9 Å². The first-order valence-corrected chi connectivity index (χ1v) is 4.26. The summed E-state index contributed by atoms with van der Waals surface area (Å²) in [5, 5.41) is 8.75. The van der Waals surface area contributed by atoms with Crippen LogP contribution in [-0.4, -0.2) is 35.0 Å². The minimum absolute atomic E-state index is 0.0254. The highest BCUT2D eigenvalue weighted by molar-refractivity contribution is 5.80. The van der Waals surface area contributed by atoms with Gasteiger partial charge in [-0.1, -0.05) is 6.08 Å². The van der Waals surface area contributed by atoms with E-state index in [2.05, 4.69) is 6.58 Å². The number of carboxylic acid groups (broad SMARTS) is 1. The van der Waals surface area contributed by atoms with Gasteiger partial charge in [-0.25, -0.2) is 0 Å². The lowest BCUT2D eigenvalue weighted by molar-refractivity contribution is -0.147. The zero-order valence-corrected chi connectivity index (χ0v) is 7.40. The van der Waals surface area contributed by atoms with Crippen LogP contribution >= 0.6 is 0 Å². The van der Waals surface area contributed by atoms with Crippen LogP contribution in [0.5, 0.6) is 0 Å². The van der Waals surface area contributed by atoms with E-state index in [0.717, 1.165) is 0 Å². The number of carboxylic acids is 1. The topological polar surface area (TPSA) is 57.6 Å². The number of carbonyl (C=O) groups excluding carboxylic acids is 1. The fraction of sp³-hybridized carbons (Fsp3) is 0.556. The second-order valence-electron chi connectivity index (χ2n) is 3.16. The molecule has 13 heavy (non-hydrogen) atoms. The van der Waals surface area contributed by atoms with Crippen LogP contribution in [0.4, 0.5) is 0 Å². The van der Waals surface area contributed by atoms with Crippen molar-refractivity contribution in [3.63, 3.8) is 0 Å². The normalized spacial score (nSPS) is 22.9. The molecule has 1 aliphatic rings. The molecular formula is C9H13NO3. The average molecular weight is 183 g/mol. The molecule has 0 aromatic carbocycles. The highest BCUT2D eigenvalue weighted by Gasteiger charge is 2.28. The zero-order valence-electron chi connectivity index (χ0n) is 7.40. The van der Waals surface area contributed by atoms with Crippen molar-refractivity contribution in [3.8, 4) is 0 Å². The van der Waals surface area contributed by atoms with Crippen LogP contribution in [0.15, 0.2) is 12.7 Å². The first-order chi connectivity index (χ1) is 6.15. The Hall–Kier alpha value is -1.32. The van der Waals surface area contributed by atoms with Gasteiger partial charge in [0, 0.05) is 19.5 Å². The van der Waals surface area contributed by atoms with E-state index in [1.54, 1.807) is 6.08 Å². The summed E-state index contributed by atoms with van der Waals surface area (Å²) >= 11 is 0. The van der Waals surface area contributed by atoms with Gasteiger partial charge in [0.15, 0.2) is 0 Å². The van der Waals surface area contributed by atoms with Crippen LogP contribution in [-0.2, 0) is 9.59 Å². The second-order valence-corrected chi connectivity index (χ2v) is 3.16. The minimum atomic E-state index is -0.818. The molecule has 0 aliphatic carbocycles. The number of aliphatic carboxylic acids is 1. The summed E-state index contributed by atoms with van der Waals surface area (Å²) in [7, 11) is 0. The largest absolute Gasteiger partial charge is 0.481 e. The molecule has 1 rings (SSSR count). The van der Waals surface area contributed by atoms with Crippen LogP contribution in [0.1, 0.15) is 12.8 Å². The third kappa shape index (κ3) is 2.31. The smallest absolute Gasteiger partial charge is 0.308 e. The Kier molecular flexibility index (Phi) is 3.06. The quantitative estimate of drug-likeness (QED) is 0.648. The van der Waals surface area contributed by atoms with Crippen LogP contribution in [0, 0.1) is 5.92 Å². The number of amides is 1.